The molecule has 5 atom stereocenters. The lowest BCUT2D eigenvalue weighted by molar-refractivity contribution is -0.0810. The summed E-state index contributed by atoms with van der Waals surface area (Å²) in [7, 11) is 0. The van der Waals surface area contributed by atoms with Crippen LogP contribution < -0.4 is 0 Å². The van der Waals surface area contributed by atoms with Gasteiger partial charge in [0.2, 0.25) is 0 Å². The Morgan fingerprint density at radius 1 is 1.38 bits per heavy atom. The van der Waals surface area contributed by atoms with Gasteiger partial charge in [-0.3, -0.25) is 0 Å². The van der Waals surface area contributed by atoms with Gasteiger partial charge in [-0.1, -0.05) is 32.4 Å². The van der Waals surface area contributed by atoms with E-state index in [9.17, 15) is 5.11 Å². The monoisotopic (exact) mass is 220 g/mol. The molecule has 3 rings (SSSR count). The summed E-state index contributed by atoms with van der Waals surface area (Å²) in [6.45, 7) is 9.39. The Balaban J connectivity index is 2.17. The summed E-state index contributed by atoms with van der Waals surface area (Å²) in [5.74, 6) is 1.95. The maximum Gasteiger partial charge on any atom is 0.0759 e. The van der Waals surface area contributed by atoms with E-state index in [1.807, 2.05) is 0 Å². The molecule has 1 heteroatoms. The van der Waals surface area contributed by atoms with Gasteiger partial charge in [0.05, 0.1) is 6.10 Å². The van der Waals surface area contributed by atoms with Crippen molar-refractivity contribution in [2.24, 2.45) is 28.6 Å². The van der Waals surface area contributed by atoms with Crippen LogP contribution in [0.15, 0.2) is 11.6 Å². The highest BCUT2D eigenvalue weighted by atomic mass is 16.3. The normalized spacial score (nSPS) is 53.7. The number of aliphatic hydroxyl groups excluding tert-OH is 1. The quantitative estimate of drug-likeness (QED) is 0.620. The zero-order chi connectivity index (χ0) is 11.7. The van der Waals surface area contributed by atoms with Gasteiger partial charge in [0.25, 0.3) is 0 Å². The minimum atomic E-state index is -0.209. The first kappa shape index (κ1) is 10.8. The van der Waals surface area contributed by atoms with E-state index in [-0.39, 0.29) is 6.10 Å². The van der Waals surface area contributed by atoms with Crippen LogP contribution >= 0.6 is 0 Å². The molecule has 3 aliphatic rings. The summed E-state index contributed by atoms with van der Waals surface area (Å²) in [5.41, 5.74) is 2.24. The lowest BCUT2D eigenvalue weighted by atomic mass is 9.48. The molecular weight excluding hydrogens is 196 g/mol. The van der Waals surface area contributed by atoms with Crippen LogP contribution in [-0.4, -0.2) is 11.2 Å². The van der Waals surface area contributed by atoms with Crippen LogP contribution in [0.1, 0.15) is 47.0 Å². The van der Waals surface area contributed by atoms with Gasteiger partial charge in [-0.2, -0.15) is 0 Å². The maximum absolute atomic E-state index is 10.4. The van der Waals surface area contributed by atoms with Crippen LogP contribution in [0.5, 0.6) is 0 Å². The highest BCUT2D eigenvalue weighted by molar-refractivity contribution is 5.28. The van der Waals surface area contributed by atoms with Crippen molar-refractivity contribution >= 4 is 0 Å². The Labute approximate surface area is 98.9 Å². The zero-order valence-electron chi connectivity index (χ0n) is 11.0. The Hall–Kier alpha value is -0.300. The second kappa shape index (κ2) is 2.93. The summed E-state index contributed by atoms with van der Waals surface area (Å²) in [4.78, 5) is 0. The van der Waals surface area contributed by atoms with Crippen LogP contribution in [0.25, 0.3) is 0 Å². The second-order valence-electron chi connectivity index (χ2n) is 7.07. The largest absolute Gasteiger partial charge is 0.389 e. The molecule has 5 unspecified atom stereocenters. The minimum absolute atomic E-state index is 0.209. The fourth-order valence-corrected chi connectivity index (χ4v) is 5.36. The van der Waals surface area contributed by atoms with E-state index in [2.05, 4.69) is 33.8 Å². The smallest absolute Gasteiger partial charge is 0.0759 e. The van der Waals surface area contributed by atoms with Crippen LogP contribution in [0.2, 0.25) is 0 Å². The lowest BCUT2D eigenvalue weighted by Gasteiger charge is -2.57. The average molecular weight is 220 g/mol. The zero-order valence-corrected chi connectivity index (χ0v) is 11.0. The van der Waals surface area contributed by atoms with Gasteiger partial charge in [0.1, 0.15) is 0 Å². The Morgan fingerprint density at radius 3 is 2.75 bits per heavy atom. The number of allylic oxidation sites excluding steroid dienone is 1. The van der Waals surface area contributed by atoms with Gasteiger partial charge >= 0.3 is 0 Å². The van der Waals surface area contributed by atoms with Gasteiger partial charge in [-0.05, 0) is 54.8 Å². The lowest BCUT2D eigenvalue weighted by Crippen LogP contribution is -2.53. The standard InChI is InChI=1S/C15H24O/c1-9-7-12(16)13-10(2)15(9)6-5-11(8-15)14(13,3)4/h7,10-13,16H,5-6,8H2,1-4H3. The molecule has 0 saturated heterocycles. The molecule has 0 aromatic rings. The predicted molar refractivity (Wildman–Crippen MR) is 66.0 cm³/mol. The number of fused-ring (bicyclic) bond motifs is 2. The van der Waals surface area contributed by atoms with E-state index in [0.717, 1.165) is 5.92 Å². The van der Waals surface area contributed by atoms with E-state index < -0.39 is 0 Å². The topological polar surface area (TPSA) is 20.2 Å². The fourth-order valence-electron chi connectivity index (χ4n) is 5.36. The highest BCUT2D eigenvalue weighted by Gasteiger charge is 2.61. The van der Waals surface area contributed by atoms with Gasteiger partial charge in [-0.15, -0.1) is 0 Å². The maximum atomic E-state index is 10.4. The Bertz CT molecular complexity index is 354. The Kier molecular flexibility index (Phi) is 1.98. The first-order valence-electron chi connectivity index (χ1n) is 6.76. The molecule has 2 saturated carbocycles. The van der Waals surface area contributed by atoms with Crippen molar-refractivity contribution in [3.8, 4) is 0 Å². The third-order valence-corrected chi connectivity index (χ3v) is 6.45. The molecule has 0 aliphatic heterocycles. The Morgan fingerprint density at radius 2 is 2.06 bits per heavy atom. The van der Waals surface area contributed by atoms with Crippen LogP contribution in [-0.2, 0) is 0 Å². The minimum Gasteiger partial charge on any atom is -0.389 e. The summed E-state index contributed by atoms with van der Waals surface area (Å²) in [6.07, 6.45) is 6.04. The van der Waals surface area contributed by atoms with Gasteiger partial charge in [0, 0.05) is 0 Å². The molecule has 1 spiro atoms. The van der Waals surface area contributed by atoms with E-state index >= 15 is 0 Å². The molecule has 0 amide bonds. The third-order valence-electron chi connectivity index (χ3n) is 6.45. The van der Waals surface area contributed by atoms with Crippen LogP contribution in [0.3, 0.4) is 0 Å². The van der Waals surface area contributed by atoms with E-state index in [4.69, 9.17) is 0 Å². The first-order chi connectivity index (χ1) is 7.39. The molecule has 3 aliphatic carbocycles. The molecule has 0 heterocycles. The summed E-state index contributed by atoms with van der Waals surface area (Å²) in [6, 6.07) is 0. The number of hydrogen-bond donors (Lipinski definition) is 1. The van der Waals surface area contributed by atoms with Gasteiger partial charge in [-0.25, -0.2) is 0 Å². The average Bonchev–Trinajstić information content (AvgIpc) is 2.58. The fraction of sp³-hybridized carbons (Fsp3) is 0.867. The van der Waals surface area contributed by atoms with E-state index in [1.165, 1.54) is 24.8 Å². The van der Waals surface area contributed by atoms with Crippen molar-refractivity contribution in [1.29, 1.82) is 0 Å². The molecule has 16 heavy (non-hydrogen) atoms. The van der Waals surface area contributed by atoms with E-state index in [1.54, 1.807) is 0 Å². The molecule has 2 fully saturated rings. The first-order valence-corrected chi connectivity index (χ1v) is 6.76. The van der Waals surface area contributed by atoms with Crippen molar-refractivity contribution in [2.45, 2.75) is 53.1 Å². The van der Waals surface area contributed by atoms with Crippen molar-refractivity contribution < 1.29 is 5.11 Å². The second-order valence-corrected chi connectivity index (χ2v) is 7.07. The predicted octanol–water partition coefficient (Wildman–Crippen LogP) is 3.39. The van der Waals surface area contributed by atoms with Crippen molar-refractivity contribution in [3.63, 3.8) is 0 Å². The SMILES string of the molecule is CC1=CC(O)C2C(C)C13CCC(C3)C2(C)C. The number of aliphatic hydroxyl groups is 1. The number of hydrogen-bond acceptors (Lipinski definition) is 1. The molecule has 0 aromatic carbocycles. The van der Waals surface area contributed by atoms with Crippen molar-refractivity contribution in [1.82, 2.24) is 0 Å². The highest BCUT2D eigenvalue weighted by Crippen LogP contribution is 2.68. The van der Waals surface area contributed by atoms with Crippen molar-refractivity contribution in [2.75, 3.05) is 0 Å². The molecule has 0 radical (unpaired) electrons. The van der Waals surface area contributed by atoms with Gasteiger partial charge in [0.15, 0.2) is 0 Å². The summed E-state index contributed by atoms with van der Waals surface area (Å²) in [5, 5.41) is 10.4. The van der Waals surface area contributed by atoms with Crippen LogP contribution in [0, 0.1) is 28.6 Å². The molecule has 0 aromatic heterocycles. The molecule has 90 valence electrons. The van der Waals surface area contributed by atoms with E-state index in [0.29, 0.717) is 22.7 Å². The molecule has 1 nitrogen and oxygen atoms in total. The third kappa shape index (κ3) is 1.01. The summed E-state index contributed by atoms with van der Waals surface area (Å²) >= 11 is 0. The van der Waals surface area contributed by atoms with Crippen LogP contribution in [0.4, 0.5) is 0 Å². The molecule has 1 N–H and O–H groups in total. The molecule has 3 bridgehead atoms. The van der Waals surface area contributed by atoms with Crippen molar-refractivity contribution in [3.05, 3.63) is 11.6 Å². The van der Waals surface area contributed by atoms with Gasteiger partial charge < -0.3 is 5.11 Å². The molecular formula is C15H24O. The summed E-state index contributed by atoms with van der Waals surface area (Å²) < 4.78 is 0. The number of rotatable bonds is 0.